The number of hydrogen-bond donors (Lipinski definition) is 2. The maximum absolute atomic E-state index is 12.6. The molecule has 21 heavy (non-hydrogen) atoms. The molecule has 0 radical (unpaired) electrons. The van der Waals surface area contributed by atoms with Crippen LogP contribution < -0.4 is 10.9 Å². The Hall–Kier alpha value is -1.39. The first kappa shape index (κ1) is 16.0. The van der Waals surface area contributed by atoms with E-state index in [2.05, 4.69) is 36.8 Å². The van der Waals surface area contributed by atoms with E-state index in [1.807, 2.05) is 23.1 Å². The second-order valence-corrected chi connectivity index (χ2v) is 5.72. The van der Waals surface area contributed by atoms with Crippen LogP contribution in [0.5, 0.6) is 0 Å². The van der Waals surface area contributed by atoms with Crippen LogP contribution in [0.3, 0.4) is 0 Å². The Labute approximate surface area is 127 Å². The summed E-state index contributed by atoms with van der Waals surface area (Å²) in [6.07, 6.45) is 4.08. The second kappa shape index (κ2) is 8.15. The molecule has 0 spiro atoms. The smallest absolute Gasteiger partial charge is 0.241 e. The predicted molar refractivity (Wildman–Crippen MR) is 85.8 cm³/mol. The van der Waals surface area contributed by atoms with Crippen molar-refractivity contribution in [3.63, 3.8) is 0 Å². The minimum Gasteiger partial charge on any atom is -0.341 e. The molecule has 0 saturated carbocycles. The Morgan fingerprint density at radius 2 is 2.00 bits per heavy atom. The number of benzene rings is 1. The van der Waals surface area contributed by atoms with Gasteiger partial charge in [0.2, 0.25) is 5.91 Å². The molecule has 1 heterocycles. The topological polar surface area (TPSA) is 44.4 Å². The Kier molecular flexibility index (Phi) is 6.21. The lowest BCUT2D eigenvalue weighted by Gasteiger charge is -2.24. The lowest BCUT2D eigenvalue weighted by Crippen LogP contribution is -2.46. The van der Waals surface area contributed by atoms with E-state index < -0.39 is 0 Å². The molecule has 1 saturated heterocycles. The molecular weight excluding hydrogens is 262 g/mol. The van der Waals surface area contributed by atoms with E-state index in [0.717, 1.165) is 38.8 Å². The molecule has 2 atom stereocenters. The van der Waals surface area contributed by atoms with Gasteiger partial charge < -0.3 is 4.90 Å². The Morgan fingerprint density at radius 3 is 2.67 bits per heavy atom. The molecule has 4 nitrogen and oxygen atoms in total. The number of amides is 1. The summed E-state index contributed by atoms with van der Waals surface area (Å²) in [5.74, 6) is 0.222. The summed E-state index contributed by atoms with van der Waals surface area (Å²) in [6, 6.07) is 10.7. The summed E-state index contributed by atoms with van der Waals surface area (Å²) < 4.78 is 0. The molecule has 1 aliphatic rings. The fourth-order valence-electron chi connectivity index (χ4n) is 2.88. The van der Waals surface area contributed by atoms with E-state index in [0.29, 0.717) is 6.04 Å². The highest BCUT2D eigenvalue weighted by Crippen LogP contribution is 2.13. The highest BCUT2D eigenvalue weighted by Gasteiger charge is 2.31. The zero-order valence-corrected chi connectivity index (χ0v) is 13.1. The number of nitrogens with one attached hydrogen (secondary N) is 2. The average Bonchev–Trinajstić information content (AvgIpc) is 2.98. The Bertz CT molecular complexity index is 435. The third-order valence-electron chi connectivity index (χ3n) is 4.12. The maximum Gasteiger partial charge on any atom is 0.241 e. The number of likely N-dealkylation sites (N-methyl/N-ethyl adjacent to an activating group) is 1. The normalized spacial score (nSPS) is 21.4. The summed E-state index contributed by atoms with van der Waals surface area (Å²) in [5, 5.41) is 0. The van der Waals surface area contributed by atoms with Gasteiger partial charge in [0, 0.05) is 19.1 Å². The van der Waals surface area contributed by atoms with Crippen molar-refractivity contribution < 1.29 is 4.79 Å². The molecular formula is C17H27N3O. The van der Waals surface area contributed by atoms with Gasteiger partial charge >= 0.3 is 0 Å². The maximum atomic E-state index is 12.6. The van der Waals surface area contributed by atoms with Crippen molar-refractivity contribution in [3.05, 3.63) is 35.9 Å². The first-order chi connectivity index (χ1) is 10.2. The summed E-state index contributed by atoms with van der Waals surface area (Å²) in [7, 11) is 0. The highest BCUT2D eigenvalue weighted by molar-refractivity contribution is 5.82. The van der Waals surface area contributed by atoms with Crippen molar-refractivity contribution in [1.29, 1.82) is 0 Å². The highest BCUT2D eigenvalue weighted by atomic mass is 16.2. The van der Waals surface area contributed by atoms with Crippen LogP contribution in [0, 0.1) is 0 Å². The molecule has 1 fully saturated rings. The molecule has 1 aromatic rings. The van der Waals surface area contributed by atoms with Crippen LogP contribution in [0.4, 0.5) is 0 Å². The van der Waals surface area contributed by atoms with Crippen molar-refractivity contribution in [2.24, 2.45) is 0 Å². The van der Waals surface area contributed by atoms with Gasteiger partial charge in [-0.3, -0.25) is 10.2 Å². The van der Waals surface area contributed by atoms with Crippen LogP contribution in [0.1, 0.15) is 38.7 Å². The van der Waals surface area contributed by atoms with Crippen LogP contribution in [0.2, 0.25) is 0 Å². The molecule has 116 valence electrons. The van der Waals surface area contributed by atoms with Gasteiger partial charge in [-0.25, -0.2) is 5.43 Å². The van der Waals surface area contributed by atoms with Gasteiger partial charge in [0.05, 0.1) is 0 Å². The quantitative estimate of drug-likeness (QED) is 0.808. The van der Waals surface area contributed by atoms with Gasteiger partial charge in [-0.2, -0.15) is 0 Å². The lowest BCUT2D eigenvalue weighted by atomic mass is 10.0. The molecule has 4 heteroatoms. The van der Waals surface area contributed by atoms with Crippen LogP contribution in [-0.2, 0) is 11.2 Å². The molecule has 1 aliphatic heterocycles. The largest absolute Gasteiger partial charge is 0.341 e. The molecule has 0 aromatic heterocycles. The Morgan fingerprint density at radius 1 is 1.24 bits per heavy atom. The van der Waals surface area contributed by atoms with Gasteiger partial charge in [0.1, 0.15) is 6.04 Å². The summed E-state index contributed by atoms with van der Waals surface area (Å²) in [5.41, 5.74) is 7.69. The van der Waals surface area contributed by atoms with Crippen molar-refractivity contribution >= 4 is 5.91 Å². The predicted octanol–water partition coefficient (Wildman–Crippen LogP) is 2.11. The molecule has 0 aliphatic carbocycles. The van der Waals surface area contributed by atoms with Crippen molar-refractivity contribution in [2.45, 2.75) is 51.6 Å². The zero-order chi connectivity index (χ0) is 15.1. The SMILES string of the molecule is CCCC1CC(C(=O)N(CC)CCc2ccccc2)NN1. The number of hydrogen-bond acceptors (Lipinski definition) is 3. The lowest BCUT2D eigenvalue weighted by molar-refractivity contribution is -0.133. The standard InChI is InChI=1S/C17H27N3O/c1-3-8-15-13-16(19-18-15)17(21)20(4-2)12-11-14-9-6-5-7-10-14/h5-7,9-10,15-16,18-19H,3-4,8,11-13H2,1-2H3. The van der Waals surface area contributed by atoms with Gasteiger partial charge in [0.15, 0.2) is 0 Å². The monoisotopic (exact) mass is 289 g/mol. The molecule has 1 aromatic carbocycles. The molecule has 2 unspecified atom stereocenters. The first-order valence-corrected chi connectivity index (χ1v) is 8.08. The van der Waals surface area contributed by atoms with Crippen LogP contribution in [-0.4, -0.2) is 36.0 Å². The minimum absolute atomic E-state index is 0.0720. The summed E-state index contributed by atoms with van der Waals surface area (Å²) in [6.45, 7) is 5.78. The van der Waals surface area contributed by atoms with Crippen molar-refractivity contribution in [1.82, 2.24) is 15.8 Å². The van der Waals surface area contributed by atoms with Gasteiger partial charge in [-0.15, -0.1) is 0 Å². The number of carbonyl (C=O) groups excluding carboxylic acids is 1. The van der Waals surface area contributed by atoms with Crippen LogP contribution in [0.25, 0.3) is 0 Å². The van der Waals surface area contributed by atoms with Crippen molar-refractivity contribution in [3.8, 4) is 0 Å². The number of hydrazine groups is 1. The fourth-order valence-corrected chi connectivity index (χ4v) is 2.88. The van der Waals surface area contributed by atoms with Crippen LogP contribution in [0.15, 0.2) is 30.3 Å². The average molecular weight is 289 g/mol. The van der Waals surface area contributed by atoms with Crippen LogP contribution >= 0.6 is 0 Å². The van der Waals surface area contributed by atoms with E-state index in [4.69, 9.17) is 0 Å². The van der Waals surface area contributed by atoms with Crippen molar-refractivity contribution in [2.75, 3.05) is 13.1 Å². The third-order valence-corrected chi connectivity index (χ3v) is 4.12. The molecule has 2 N–H and O–H groups in total. The summed E-state index contributed by atoms with van der Waals surface area (Å²) >= 11 is 0. The third kappa shape index (κ3) is 4.55. The Balaban J connectivity index is 1.84. The molecule has 2 rings (SSSR count). The zero-order valence-electron chi connectivity index (χ0n) is 13.1. The van der Waals surface area contributed by atoms with Gasteiger partial charge in [0.25, 0.3) is 0 Å². The van der Waals surface area contributed by atoms with E-state index in [1.165, 1.54) is 5.56 Å². The van der Waals surface area contributed by atoms with E-state index in [1.54, 1.807) is 0 Å². The van der Waals surface area contributed by atoms with E-state index >= 15 is 0 Å². The second-order valence-electron chi connectivity index (χ2n) is 5.72. The number of nitrogens with zero attached hydrogens (tertiary/aromatic N) is 1. The molecule has 1 amide bonds. The van der Waals surface area contributed by atoms with Gasteiger partial charge in [-0.1, -0.05) is 43.7 Å². The summed E-state index contributed by atoms with van der Waals surface area (Å²) in [4.78, 5) is 14.5. The molecule has 0 bridgehead atoms. The number of rotatable bonds is 7. The minimum atomic E-state index is -0.0720. The van der Waals surface area contributed by atoms with E-state index in [9.17, 15) is 4.79 Å². The fraction of sp³-hybridized carbons (Fsp3) is 0.588. The van der Waals surface area contributed by atoms with E-state index in [-0.39, 0.29) is 11.9 Å². The van der Waals surface area contributed by atoms with Gasteiger partial charge in [-0.05, 0) is 31.7 Å². The first-order valence-electron chi connectivity index (χ1n) is 8.08. The number of carbonyl (C=O) groups is 1.